The third kappa shape index (κ3) is 4.24. The molecule has 2 fully saturated rings. The summed E-state index contributed by atoms with van der Waals surface area (Å²) in [5, 5.41) is 8.37. The van der Waals surface area contributed by atoms with Crippen LogP contribution in [0.5, 0.6) is 0 Å². The van der Waals surface area contributed by atoms with Gasteiger partial charge in [0.25, 0.3) is 0 Å². The highest BCUT2D eigenvalue weighted by atomic mass is 16.4. The van der Waals surface area contributed by atoms with E-state index in [-0.39, 0.29) is 17.2 Å². The van der Waals surface area contributed by atoms with E-state index in [9.17, 15) is 4.79 Å². The molecule has 2 aromatic heterocycles. The third-order valence-corrected chi connectivity index (χ3v) is 5.90. The first-order valence-electron chi connectivity index (χ1n) is 10.3. The second kappa shape index (κ2) is 7.99. The average molecular weight is 383 g/mol. The molecular weight excluding hydrogens is 354 g/mol. The summed E-state index contributed by atoms with van der Waals surface area (Å²) in [4.78, 5) is 21.3. The van der Waals surface area contributed by atoms with Crippen molar-refractivity contribution in [2.45, 2.75) is 58.5 Å². The lowest BCUT2D eigenvalue weighted by Crippen LogP contribution is -2.53. The highest BCUT2D eigenvalue weighted by Gasteiger charge is 2.42. The van der Waals surface area contributed by atoms with Crippen LogP contribution in [0.3, 0.4) is 0 Å². The monoisotopic (exact) mass is 383 g/mol. The van der Waals surface area contributed by atoms with Crippen LogP contribution in [0.15, 0.2) is 28.8 Å². The van der Waals surface area contributed by atoms with E-state index in [2.05, 4.69) is 33.9 Å². The number of carbonyl (C=O) groups excluding carboxylic acids is 1. The van der Waals surface area contributed by atoms with Crippen LogP contribution < -0.4 is 0 Å². The fraction of sp³-hybridized carbons (Fsp3) is 0.619. The van der Waals surface area contributed by atoms with E-state index in [1.807, 2.05) is 23.1 Å². The number of nitrogens with zero attached hydrogens (tertiary/aromatic N) is 5. The lowest BCUT2D eigenvalue weighted by Gasteiger charge is -2.48. The number of aromatic nitrogens is 3. The van der Waals surface area contributed by atoms with Crippen LogP contribution >= 0.6 is 0 Å². The van der Waals surface area contributed by atoms with Crippen LogP contribution in [0.25, 0.3) is 0 Å². The van der Waals surface area contributed by atoms with Crippen molar-refractivity contribution in [2.75, 3.05) is 19.6 Å². The summed E-state index contributed by atoms with van der Waals surface area (Å²) < 4.78 is 5.80. The minimum absolute atomic E-state index is 0.155. The van der Waals surface area contributed by atoms with E-state index in [4.69, 9.17) is 4.42 Å². The maximum Gasteiger partial charge on any atom is 0.230 e. The molecule has 2 aromatic rings. The van der Waals surface area contributed by atoms with Crippen LogP contribution in [0.4, 0.5) is 0 Å². The van der Waals surface area contributed by atoms with E-state index in [1.54, 1.807) is 6.20 Å². The van der Waals surface area contributed by atoms with Crippen LogP contribution in [-0.2, 0) is 17.9 Å². The van der Waals surface area contributed by atoms with Gasteiger partial charge < -0.3 is 9.32 Å². The Labute approximate surface area is 166 Å². The molecule has 2 saturated heterocycles. The molecule has 7 heteroatoms. The highest BCUT2D eigenvalue weighted by molar-refractivity contribution is 5.77. The zero-order valence-electron chi connectivity index (χ0n) is 16.8. The van der Waals surface area contributed by atoms with Gasteiger partial charge >= 0.3 is 0 Å². The Kier molecular flexibility index (Phi) is 5.44. The third-order valence-electron chi connectivity index (χ3n) is 5.90. The Hall–Kier alpha value is -2.28. The summed E-state index contributed by atoms with van der Waals surface area (Å²) in [5.41, 5.74) is 1.11. The molecule has 1 amide bonds. The summed E-state index contributed by atoms with van der Waals surface area (Å²) in [7, 11) is 0. The van der Waals surface area contributed by atoms with Crippen molar-refractivity contribution >= 4 is 5.91 Å². The molecule has 2 aliphatic heterocycles. The van der Waals surface area contributed by atoms with Gasteiger partial charge in [-0.1, -0.05) is 19.9 Å². The van der Waals surface area contributed by atoms with Crippen LogP contribution in [0.2, 0.25) is 0 Å². The molecule has 1 spiro atoms. The molecule has 4 heterocycles. The Morgan fingerprint density at radius 3 is 2.82 bits per heavy atom. The van der Waals surface area contributed by atoms with Gasteiger partial charge in [-0.3, -0.25) is 14.7 Å². The summed E-state index contributed by atoms with van der Waals surface area (Å²) in [6, 6.07) is 5.87. The van der Waals surface area contributed by atoms with Crippen molar-refractivity contribution in [3.05, 3.63) is 41.9 Å². The standard InChI is InChI=1S/C21H29N5O2/c1-16(2)20-24-23-18(28-20)13-25-11-5-8-21(14-25)9-7-19(27)26(15-21)12-17-6-3-4-10-22-17/h3-4,6,10,16H,5,7-9,11-15H2,1-2H3. The molecule has 1 unspecified atom stereocenters. The summed E-state index contributed by atoms with van der Waals surface area (Å²) in [6.07, 6.45) is 5.67. The molecule has 150 valence electrons. The van der Waals surface area contributed by atoms with Crippen molar-refractivity contribution in [1.82, 2.24) is 25.0 Å². The summed E-state index contributed by atoms with van der Waals surface area (Å²) in [6.45, 7) is 8.22. The van der Waals surface area contributed by atoms with Crippen molar-refractivity contribution in [3.63, 3.8) is 0 Å². The average Bonchev–Trinajstić information content (AvgIpc) is 3.15. The van der Waals surface area contributed by atoms with Gasteiger partial charge in [0.1, 0.15) is 0 Å². The van der Waals surface area contributed by atoms with Crippen molar-refractivity contribution < 1.29 is 9.21 Å². The van der Waals surface area contributed by atoms with E-state index < -0.39 is 0 Å². The van der Waals surface area contributed by atoms with Gasteiger partial charge in [0, 0.05) is 37.0 Å². The molecule has 0 bridgehead atoms. The topological polar surface area (TPSA) is 75.4 Å². The molecule has 0 saturated carbocycles. The first kappa shape index (κ1) is 19.1. The van der Waals surface area contributed by atoms with Gasteiger partial charge in [0.15, 0.2) is 0 Å². The van der Waals surface area contributed by atoms with E-state index in [1.165, 1.54) is 0 Å². The first-order chi connectivity index (χ1) is 13.5. The first-order valence-corrected chi connectivity index (χ1v) is 10.3. The van der Waals surface area contributed by atoms with Gasteiger partial charge in [0.2, 0.25) is 17.7 Å². The number of carbonyl (C=O) groups is 1. The normalized spacial score (nSPS) is 23.7. The Balaban J connectivity index is 1.42. The Morgan fingerprint density at radius 2 is 2.07 bits per heavy atom. The fourth-order valence-electron chi connectivity index (χ4n) is 4.47. The molecule has 0 N–H and O–H groups in total. The van der Waals surface area contributed by atoms with Gasteiger partial charge in [-0.15, -0.1) is 10.2 Å². The second-order valence-corrected chi connectivity index (χ2v) is 8.57. The zero-order chi connectivity index (χ0) is 19.6. The van der Waals surface area contributed by atoms with E-state index in [0.29, 0.717) is 31.3 Å². The van der Waals surface area contributed by atoms with Crippen molar-refractivity contribution in [1.29, 1.82) is 0 Å². The minimum atomic E-state index is 0.155. The predicted octanol–water partition coefficient (Wildman–Crippen LogP) is 2.99. The lowest BCUT2D eigenvalue weighted by molar-refractivity contribution is -0.140. The Bertz CT molecular complexity index is 806. The molecular formula is C21H29N5O2. The number of pyridine rings is 1. The number of rotatable bonds is 5. The van der Waals surface area contributed by atoms with Crippen LogP contribution in [0.1, 0.15) is 62.9 Å². The smallest absolute Gasteiger partial charge is 0.230 e. The molecule has 1 atom stereocenters. The number of hydrogen-bond donors (Lipinski definition) is 0. The van der Waals surface area contributed by atoms with Gasteiger partial charge in [-0.05, 0) is 37.9 Å². The van der Waals surface area contributed by atoms with E-state index >= 15 is 0 Å². The van der Waals surface area contributed by atoms with Crippen LogP contribution in [-0.4, -0.2) is 50.5 Å². The van der Waals surface area contributed by atoms with Crippen molar-refractivity contribution in [2.24, 2.45) is 5.41 Å². The minimum Gasteiger partial charge on any atom is -0.424 e. The predicted molar refractivity (Wildman–Crippen MR) is 104 cm³/mol. The number of piperidine rings is 2. The maximum absolute atomic E-state index is 12.5. The largest absolute Gasteiger partial charge is 0.424 e. The number of likely N-dealkylation sites (tertiary alicyclic amines) is 2. The molecule has 7 nitrogen and oxygen atoms in total. The summed E-state index contributed by atoms with van der Waals surface area (Å²) >= 11 is 0. The second-order valence-electron chi connectivity index (χ2n) is 8.57. The maximum atomic E-state index is 12.5. The molecule has 0 aliphatic carbocycles. The van der Waals surface area contributed by atoms with E-state index in [0.717, 1.165) is 44.6 Å². The molecule has 2 aliphatic rings. The van der Waals surface area contributed by atoms with Gasteiger partial charge in [0.05, 0.1) is 18.8 Å². The molecule has 4 rings (SSSR count). The number of amides is 1. The fourth-order valence-corrected chi connectivity index (χ4v) is 4.47. The van der Waals surface area contributed by atoms with Crippen molar-refractivity contribution in [3.8, 4) is 0 Å². The highest BCUT2D eigenvalue weighted by Crippen LogP contribution is 2.39. The molecule has 0 aromatic carbocycles. The van der Waals surface area contributed by atoms with Gasteiger partial charge in [-0.2, -0.15) is 0 Å². The quantitative estimate of drug-likeness (QED) is 0.790. The Morgan fingerprint density at radius 1 is 1.18 bits per heavy atom. The van der Waals surface area contributed by atoms with Crippen LogP contribution in [0, 0.1) is 5.41 Å². The van der Waals surface area contributed by atoms with Gasteiger partial charge in [-0.25, -0.2) is 0 Å². The SMILES string of the molecule is CC(C)c1nnc(CN2CCCC3(CCC(=O)N(Cc4ccccn4)C3)C2)o1. The number of hydrogen-bond acceptors (Lipinski definition) is 6. The lowest BCUT2D eigenvalue weighted by atomic mass is 9.73. The zero-order valence-corrected chi connectivity index (χ0v) is 16.8. The summed E-state index contributed by atoms with van der Waals surface area (Å²) in [5.74, 6) is 1.88. The molecule has 0 radical (unpaired) electrons. The molecule has 28 heavy (non-hydrogen) atoms.